The SMILES string of the molecule is CC(c1nc(C(C)(C)C)no1)N1CCN(CC(=O)N2CCCCCC2)CC1. The van der Waals surface area contributed by atoms with Gasteiger partial charge in [0.2, 0.25) is 11.8 Å². The fourth-order valence-corrected chi connectivity index (χ4v) is 3.79. The van der Waals surface area contributed by atoms with Gasteiger partial charge in [0, 0.05) is 44.7 Å². The molecule has 152 valence electrons. The highest BCUT2D eigenvalue weighted by Crippen LogP contribution is 2.24. The summed E-state index contributed by atoms with van der Waals surface area (Å²) in [7, 11) is 0. The molecule has 0 saturated carbocycles. The summed E-state index contributed by atoms with van der Waals surface area (Å²) in [5, 5.41) is 4.14. The molecule has 0 spiro atoms. The monoisotopic (exact) mass is 377 g/mol. The zero-order chi connectivity index (χ0) is 19.4. The highest BCUT2D eigenvalue weighted by atomic mass is 16.5. The van der Waals surface area contributed by atoms with Gasteiger partial charge in [0.25, 0.3) is 0 Å². The summed E-state index contributed by atoms with van der Waals surface area (Å²) >= 11 is 0. The maximum atomic E-state index is 12.6. The molecule has 2 saturated heterocycles. The maximum absolute atomic E-state index is 12.6. The molecule has 7 heteroatoms. The Kier molecular flexibility index (Phi) is 6.52. The molecule has 1 unspecified atom stereocenters. The van der Waals surface area contributed by atoms with Gasteiger partial charge in [0.05, 0.1) is 12.6 Å². The van der Waals surface area contributed by atoms with Crippen molar-refractivity contribution in [2.24, 2.45) is 0 Å². The Morgan fingerprint density at radius 2 is 1.67 bits per heavy atom. The molecule has 2 aliphatic heterocycles. The smallest absolute Gasteiger partial charge is 0.243 e. The summed E-state index contributed by atoms with van der Waals surface area (Å²) in [5.74, 6) is 1.74. The fourth-order valence-electron chi connectivity index (χ4n) is 3.79. The van der Waals surface area contributed by atoms with Gasteiger partial charge in [-0.15, -0.1) is 0 Å². The summed E-state index contributed by atoms with van der Waals surface area (Å²) in [5.41, 5.74) is -0.103. The van der Waals surface area contributed by atoms with Gasteiger partial charge in [0.1, 0.15) is 0 Å². The van der Waals surface area contributed by atoms with Crippen LogP contribution in [0, 0.1) is 0 Å². The number of carbonyl (C=O) groups excluding carboxylic acids is 1. The zero-order valence-corrected chi connectivity index (χ0v) is 17.4. The number of likely N-dealkylation sites (tertiary alicyclic amines) is 1. The number of carbonyl (C=O) groups is 1. The van der Waals surface area contributed by atoms with Crippen molar-refractivity contribution in [3.63, 3.8) is 0 Å². The van der Waals surface area contributed by atoms with E-state index >= 15 is 0 Å². The lowest BCUT2D eigenvalue weighted by molar-refractivity contribution is -0.132. The molecule has 1 amide bonds. The summed E-state index contributed by atoms with van der Waals surface area (Å²) in [6.07, 6.45) is 4.81. The number of aromatic nitrogens is 2. The first-order valence-electron chi connectivity index (χ1n) is 10.4. The topological polar surface area (TPSA) is 65.7 Å². The molecule has 0 radical (unpaired) electrons. The highest BCUT2D eigenvalue weighted by Gasteiger charge is 2.29. The summed E-state index contributed by atoms with van der Waals surface area (Å²) in [6.45, 7) is 14.5. The molecule has 3 rings (SSSR count). The van der Waals surface area contributed by atoms with Crippen molar-refractivity contribution in [1.29, 1.82) is 0 Å². The summed E-state index contributed by atoms with van der Waals surface area (Å²) in [4.78, 5) is 23.9. The molecule has 0 bridgehead atoms. The van der Waals surface area contributed by atoms with Crippen LogP contribution >= 0.6 is 0 Å². The van der Waals surface area contributed by atoms with Crippen LogP contribution in [0.15, 0.2) is 4.52 Å². The summed E-state index contributed by atoms with van der Waals surface area (Å²) < 4.78 is 5.51. The highest BCUT2D eigenvalue weighted by molar-refractivity contribution is 5.78. The minimum absolute atomic E-state index is 0.103. The predicted molar refractivity (Wildman–Crippen MR) is 104 cm³/mol. The number of hydrogen-bond acceptors (Lipinski definition) is 6. The Bertz CT molecular complexity index is 608. The van der Waals surface area contributed by atoms with E-state index in [9.17, 15) is 4.79 Å². The van der Waals surface area contributed by atoms with E-state index in [2.05, 4.69) is 52.5 Å². The minimum Gasteiger partial charge on any atom is -0.342 e. The van der Waals surface area contributed by atoms with Crippen LogP contribution in [0.25, 0.3) is 0 Å². The van der Waals surface area contributed by atoms with E-state index in [1.807, 2.05) is 0 Å². The number of piperazine rings is 1. The molecular weight excluding hydrogens is 342 g/mol. The average molecular weight is 378 g/mol. The van der Waals surface area contributed by atoms with E-state index < -0.39 is 0 Å². The Labute approximate surface area is 163 Å². The van der Waals surface area contributed by atoms with Gasteiger partial charge < -0.3 is 9.42 Å². The molecule has 0 aromatic carbocycles. The van der Waals surface area contributed by atoms with Crippen LogP contribution in [0.2, 0.25) is 0 Å². The van der Waals surface area contributed by atoms with Gasteiger partial charge in [-0.3, -0.25) is 14.6 Å². The van der Waals surface area contributed by atoms with Gasteiger partial charge >= 0.3 is 0 Å². The van der Waals surface area contributed by atoms with Crippen molar-refractivity contribution in [2.75, 3.05) is 45.8 Å². The standard InChI is InChI=1S/C20H35N5O2/c1-16(18-21-19(22-27-18)20(2,3)4)24-13-11-23(12-14-24)15-17(26)25-9-7-5-6-8-10-25/h16H,5-15H2,1-4H3. The summed E-state index contributed by atoms with van der Waals surface area (Å²) in [6, 6.07) is 0.108. The minimum atomic E-state index is -0.103. The van der Waals surface area contributed by atoms with Crippen LogP contribution in [0.4, 0.5) is 0 Å². The zero-order valence-electron chi connectivity index (χ0n) is 17.4. The second-order valence-electron chi connectivity index (χ2n) is 8.99. The molecule has 27 heavy (non-hydrogen) atoms. The predicted octanol–water partition coefficient (Wildman–Crippen LogP) is 2.45. The normalized spacial score (nSPS) is 21.9. The number of rotatable bonds is 4. The van der Waals surface area contributed by atoms with E-state index in [0.717, 1.165) is 57.9 Å². The van der Waals surface area contributed by atoms with Gasteiger partial charge in [-0.05, 0) is 19.8 Å². The lowest BCUT2D eigenvalue weighted by Crippen LogP contribution is -2.50. The molecule has 1 atom stereocenters. The Balaban J connectivity index is 1.48. The van der Waals surface area contributed by atoms with Crippen molar-refractivity contribution in [3.8, 4) is 0 Å². The fraction of sp³-hybridized carbons (Fsp3) is 0.850. The van der Waals surface area contributed by atoms with E-state index in [4.69, 9.17) is 4.52 Å². The van der Waals surface area contributed by atoms with E-state index in [1.54, 1.807) is 0 Å². The van der Waals surface area contributed by atoms with Crippen LogP contribution in [-0.2, 0) is 10.2 Å². The first-order chi connectivity index (χ1) is 12.8. The second kappa shape index (κ2) is 8.69. The first-order valence-corrected chi connectivity index (χ1v) is 10.4. The molecule has 1 aromatic rings. The molecule has 0 N–H and O–H groups in total. The van der Waals surface area contributed by atoms with Gasteiger partial charge in [-0.1, -0.05) is 38.8 Å². The molecule has 2 fully saturated rings. The van der Waals surface area contributed by atoms with Gasteiger partial charge in [-0.25, -0.2) is 0 Å². The molecule has 0 aliphatic carbocycles. The second-order valence-corrected chi connectivity index (χ2v) is 8.99. The van der Waals surface area contributed by atoms with Crippen molar-refractivity contribution in [3.05, 3.63) is 11.7 Å². The number of nitrogens with zero attached hydrogens (tertiary/aromatic N) is 5. The van der Waals surface area contributed by atoms with Gasteiger partial charge in [0.15, 0.2) is 5.82 Å². The molecular formula is C20H35N5O2. The van der Waals surface area contributed by atoms with Crippen molar-refractivity contribution >= 4 is 5.91 Å². The number of amides is 1. The van der Waals surface area contributed by atoms with Crippen molar-refractivity contribution < 1.29 is 9.32 Å². The van der Waals surface area contributed by atoms with Gasteiger partial charge in [-0.2, -0.15) is 4.98 Å². The molecule has 7 nitrogen and oxygen atoms in total. The number of hydrogen-bond donors (Lipinski definition) is 0. The van der Waals surface area contributed by atoms with Crippen LogP contribution in [-0.4, -0.2) is 76.6 Å². The third kappa shape index (κ3) is 5.29. The molecule has 1 aromatic heterocycles. The Hall–Kier alpha value is -1.47. The largest absolute Gasteiger partial charge is 0.342 e. The lowest BCUT2D eigenvalue weighted by atomic mass is 9.96. The quantitative estimate of drug-likeness (QED) is 0.803. The van der Waals surface area contributed by atoms with Crippen molar-refractivity contribution in [1.82, 2.24) is 24.8 Å². The van der Waals surface area contributed by atoms with Crippen LogP contribution in [0.1, 0.15) is 71.1 Å². The van der Waals surface area contributed by atoms with E-state index in [0.29, 0.717) is 18.3 Å². The molecule has 2 aliphatic rings. The lowest BCUT2D eigenvalue weighted by Gasteiger charge is -2.37. The van der Waals surface area contributed by atoms with Crippen LogP contribution < -0.4 is 0 Å². The average Bonchev–Trinajstić information content (AvgIpc) is 2.98. The third-order valence-electron chi connectivity index (χ3n) is 5.74. The van der Waals surface area contributed by atoms with E-state index in [1.165, 1.54) is 12.8 Å². The van der Waals surface area contributed by atoms with E-state index in [-0.39, 0.29) is 11.5 Å². The Morgan fingerprint density at radius 1 is 1.04 bits per heavy atom. The molecule has 3 heterocycles. The Morgan fingerprint density at radius 3 is 2.22 bits per heavy atom. The van der Waals surface area contributed by atoms with Crippen LogP contribution in [0.3, 0.4) is 0 Å². The van der Waals surface area contributed by atoms with Crippen LogP contribution in [0.5, 0.6) is 0 Å². The first kappa shape index (κ1) is 20.3. The maximum Gasteiger partial charge on any atom is 0.243 e. The third-order valence-corrected chi connectivity index (χ3v) is 5.74. The van der Waals surface area contributed by atoms with Crippen molar-refractivity contribution in [2.45, 2.75) is 64.8 Å².